The molecule has 2 aromatic carbocycles. The van der Waals surface area contributed by atoms with Crippen LogP contribution in [0.5, 0.6) is 0 Å². The zero-order valence-electron chi connectivity index (χ0n) is 12.4. The molecular weight excluding hydrogens is 301 g/mol. The Morgan fingerprint density at radius 1 is 1.04 bits per heavy atom. The fourth-order valence-electron chi connectivity index (χ4n) is 1.95. The van der Waals surface area contributed by atoms with E-state index in [1.807, 2.05) is 6.92 Å². The Bertz CT molecular complexity index is 732. The van der Waals surface area contributed by atoms with Gasteiger partial charge in [0, 0.05) is 17.2 Å². The van der Waals surface area contributed by atoms with Gasteiger partial charge in [-0.15, -0.1) is 0 Å². The van der Waals surface area contributed by atoms with Crippen molar-refractivity contribution in [2.24, 2.45) is 0 Å². The largest absolute Gasteiger partial charge is 0.410 e. The summed E-state index contributed by atoms with van der Waals surface area (Å²) in [4.78, 5) is 0. The molecule has 1 unspecified atom stereocenters. The Kier molecular flexibility index (Phi) is 5.25. The number of hydrogen-bond donors (Lipinski definition) is 1. The van der Waals surface area contributed by atoms with Gasteiger partial charge in [0.2, 0.25) is 0 Å². The first-order valence-corrected chi connectivity index (χ1v) is 6.96. The van der Waals surface area contributed by atoms with E-state index in [1.165, 1.54) is 0 Å². The second-order valence-electron chi connectivity index (χ2n) is 5.07. The molecule has 2 aromatic rings. The van der Waals surface area contributed by atoms with Crippen LogP contribution in [0.15, 0.2) is 66.2 Å². The lowest BCUT2D eigenvalue weighted by Gasteiger charge is -2.12. The molecule has 1 N–H and O–H groups in total. The molecule has 23 heavy (non-hydrogen) atoms. The van der Waals surface area contributed by atoms with Gasteiger partial charge in [0.1, 0.15) is 6.10 Å². The number of halogens is 3. The van der Waals surface area contributed by atoms with Crippen molar-refractivity contribution in [3.63, 3.8) is 0 Å². The minimum absolute atomic E-state index is 0.0491. The third kappa shape index (κ3) is 5.32. The maximum Gasteiger partial charge on any atom is 0.410 e. The third-order valence-corrected chi connectivity index (χ3v) is 3.13. The lowest BCUT2D eigenvalue weighted by atomic mass is 10.00. The first-order chi connectivity index (χ1) is 10.8. The number of rotatable bonds is 2. The van der Waals surface area contributed by atoms with E-state index in [4.69, 9.17) is 0 Å². The molecule has 1 atom stereocenters. The summed E-state index contributed by atoms with van der Waals surface area (Å²) < 4.78 is 38.1. The molecule has 4 heteroatoms. The van der Waals surface area contributed by atoms with Crippen molar-refractivity contribution in [3.8, 4) is 11.8 Å². The van der Waals surface area contributed by atoms with Gasteiger partial charge in [-0.1, -0.05) is 59.9 Å². The van der Waals surface area contributed by atoms with E-state index < -0.39 is 12.3 Å². The van der Waals surface area contributed by atoms with Crippen LogP contribution in [0.1, 0.15) is 22.8 Å². The number of aryl methyl sites for hydroxylation is 1. The van der Waals surface area contributed by atoms with Gasteiger partial charge in [-0.25, -0.2) is 0 Å². The van der Waals surface area contributed by atoms with E-state index in [0.29, 0.717) is 11.1 Å². The summed E-state index contributed by atoms with van der Waals surface area (Å²) in [5, 5.41) is 10.2. The zero-order valence-corrected chi connectivity index (χ0v) is 12.4. The molecule has 0 radical (unpaired) electrons. The van der Waals surface area contributed by atoms with Crippen molar-refractivity contribution < 1.29 is 18.3 Å². The minimum atomic E-state index is -4.55. The quantitative estimate of drug-likeness (QED) is 0.805. The Hall–Kier alpha value is -2.51. The van der Waals surface area contributed by atoms with Crippen LogP contribution in [0.25, 0.3) is 0 Å². The van der Waals surface area contributed by atoms with E-state index in [1.54, 1.807) is 54.6 Å². The number of hydrogen-bond acceptors (Lipinski definition) is 1. The topological polar surface area (TPSA) is 20.2 Å². The molecular formula is C19H15F3O. The summed E-state index contributed by atoms with van der Waals surface area (Å²) in [6, 6.07) is 15.3. The van der Waals surface area contributed by atoms with Gasteiger partial charge >= 0.3 is 6.18 Å². The van der Waals surface area contributed by atoms with Gasteiger partial charge in [0.15, 0.2) is 0 Å². The van der Waals surface area contributed by atoms with Crippen LogP contribution in [-0.2, 0) is 0 Å². The molecule has 0 heterocycles. The van der Waals surface area contributed by atoms with E-state index in [-0.39, 0.29) is 11.6 Å². The molecule has 0 bridgehead atoms. The smallest absolute Gasteiger partial charge is 0.383 e. The Balaban J connectivity index is 2.37. The van der Waals surface area contributed by atoms with Gasteiger partial charge < -0.3 is 5.11 Å². The lowest BCUT2D eigenvalue weighted by Crippen LogP contribution is -2.08. The van der Waals surface area contributed by atoms with Gasteiger partial charge in [-0.05, 0) is 24.6 Å². The summed E-state index contributed by atoms with van der Waals surface area (Å²) in [5.74, 6) is 5.10. The molecule has 0 fully saturated rings. The molecule has 0 spiro atoms. The fourth-order valence-corrected chi connectivity index (χ4v) is 1.95. The van der Waals surface area contributed by atoms with Crippen molar-refractivity contribution >= 4 is 0 Å². The molecule has 0 aromatic heterocycles. The minimum Gasteiger partial charge on any atom is -0.383 e. The standard InChI is InChI=1S/C19H15F3O/c1-14-7-10-16(11-8-14)18(23)17(13-19(20,21)22)12-9-15-5-3-2-4-6-15/h2-8,10-11,13,18,23H,1H3/b17-13+. The maximum atomic E-state index is 12.7. The van der Waals surface area contributed by atoms with Crippen LogP contribution in [-0.4, -0.2) is 11.3 Å². The first kappa shape index (κ1) is 16.9. The second kappa shape index (κ2) is 7.17. The Morgan fingerprint density at radius 3 is 2.22 bits per heavy atom. The fraction of sp³-hybridized carbons (Fsp3) is 0.158. The van der Waals surface area contributed by atoms with Crippen LogP contribution < -0.4 is 0 Å². The molecule has 0 aliphatic rings. The van der Waals surface area contributed by atoms with Gasteiger partial charge in [0.25, 0.3) is 0 Å². The average Bonchev–Trinajstić information content (AvgIpc) is 2.51. The van der Waals surface area contributed by atoms with Crippen LogP contribution in [0, 0.1) is 18.8 Å². The number of alkyl halides is 3. The lowest BCUT2D eigenvalue weighted by molar-refractivity contribution is -0.0810. The molecule has 0 amide bonds. The Labute approximate surface area is 133 Å². The van der Waals surface area contributed by atoms with Crippen molar-refractivity contribution in [3.05, 3.63) is 82.9 Å². The molecule has 0 aliphatic heterocycles. The van der Waals surface area contributed by atoms with Gasteiger partial charge in [0.05, 0.1) is 0 Å². The molecule has 0 saturated carbocycles. The summed E-state index contributed by atoms with van der Waals surface area (Å²) in [7, 11) is 0. The predicted molar refractivity (Wildman–Crippen MR) is 83.6 cm³/mol. The van der Waals surface area contributed by atoms with Crippen molar-refractivity contribution in [2.45, 2.75) is 19.2 Å². The number of aliphatic hydroxyl groups excluding tert-OH is 1. The van der Waals surface area contributed by atoms with E-state index in [0.717, 1.165) is 5.56 Å². The van der Waals surface area contributed by atoms with E-state index >= 15 is 0 Å². The molecule has 2 rings (SSSR count). The highest BCUT2D eigenvalue weighted by atomic mass is 19.4. The first-order valence-electron chi connectivity index (χ1n) is 6.96. The van der Waals surface area contributed by atoms with Crippen molar-refractivity contribution in [2.75, 3.05) is 0 Å². The number of aliphatic hydroxyl groups is 1. The third-order valence-electron chi connectivity index (χ3n) is 3.13. The van der Waals surface area contributed by atoms with Crippen LogP contribution in [0.4, 0.5) is 13.2 Å². The normalized spacial score (nSPS) is 13.2. The van der Waals surface area contributed by atoms with Crippen LogP contribution in [0.3, 0.4) is 0 Å². The van der Waals surface area contributed by atoms with E-state index in [9.17, 15) is 18.3 Å². The second-order valence-corrected chi connectivity index (χ2v) is 5.07. The SMILES string of the molecule is Cc1ccc(C(O)/C(C#Cc2ccccc2)=C/C(F)(F)F)cc1. The summed E-state index contributed by atoms with van der Waals surface area (Å²) in [6.45, 7) is 1.86. The monoisotopic (exact) mass is 316 g/mol. The van der Waals surface area contributed by atoms with Gasteiger partial charge in [-0.2, -0.15) is 13.2 Å². The molecule has 0 aliphatic carbocycles. The van der Waals surface area contributed by atoms with Gasteiger partial charge in [-0.3, -0.25) is 0 Å². The predicted octanol–water partition coefficient (Wildman–Crippen LogP) is 4.57. The average molecular weight is 316 g/mol. The molecule has 0 saturated heterocycles. The highest BCUT2D eigenvalue weighted by Gasteiger charge is 2.26. The molecule has 1 nitrogen and oxygen atoms in total. The van der Waals surface area contributed by atoms with Crippen LogP contribution >= 0.6 is 0 Å². The highest BCUT2D eigenvalue weighted by Crippen LogP contribution is 2.27. The summed E-state index contributed by atoms with van der Waals surface area (Å²) in [5.41, 5.74) is 1.52. The number of allylic oxidation sites excluding steroid dienone is 1. The number of benzene rings is 2. The van der Waals surface area contributed by atoms with Crippen molar-refractivity contribution in [1.82, 2.24) is 0 Å². The zero-order chi connectivity index (χ0) is 16.9. The van der Waals surface area contributed by atoms with Crippen LogP contribution in [0.2, 0.25) is 0 Å². The Morgan fingerprint density at radius 2 is 1.65 bits per heavy atom. The highest BCUT2D eigenvalue weighted by molar-refractivity contribution is 5.44. The summed E-state index contributed by atoms with van der Waals surface area (Å²) >= 11 is 0. The maximum absolute atomic E-state index is 12.7. The van der Waals surface area contributed by atoms with Crippen molar-refractivity contribution in [1.29, 1.82) is 0 Å². The van der Waals surface area contributed by atoms with E-state index in [2.05, 4.69) is 11.8 Å². The summed E-state index contributed by atoms with van der Waals surface area (Å²) in [6.07, 6.45) is -5.92. The molecule has 118 valence electrons.